The number of carbonyl (C=O) groups excluding carboxylic acids is 3. The van der Waals surface area contributed by atoms with Gasteiger partial charge in [0.25, 0.3) is 11.8 Å². The van der Waals surface area contributed by atoms with E-state index in [1.165, 1.54) is 9.47 Å². The summed E-state index contributed by atoms with van der Waals surface area (Å²) in [5.41, 5.74) is -0.251. The zero-order valence-electron chi connectivity index (χ0n) is 16.0. The van der Waals surface area contributed by atoms with Crippen LogP contribution >= 0.6 is 0 Å². The van der Waals surface area contributed by atoms with Gasteiger partial charge in [-0.1, -0.05) is 31.0 Å². The van der Waals surface area contributed by atoms with Gasteiger partial charge in [-0.15, -0.1) is 0 Å². The highest BCUT2D eigenvalue weighted by molar-refractivity contribution is 6.11. The molecule has 0 radical (unpaired) electrons. The van der Waals surface area contributed by atoms with Crippen molar-refractivity contribution in [1.82, 2.24) is 14.8 Å². The molecule has 0 atom stereocenters. The zero-order chi connectivity index (χ0) is 19.4. The minimum Gasteiger partial charge on any atom is -0.349 e. The second kappa shape index (κ2) is 5.94. The highest BCUT2D eigenvalue weighted by Crippen LogP contribution is 2.39. The van der Waals surface area contributed by atoms with E-state index in [2.05, 4.69) is 5.32 Å². The summed E-state index contributed by atoms with van der Waals surface area (Å²) in [6, 6.07) is 9.23. The molecule has 6 nitrogen and oxygen atoms in total. The summed E-state index contributed by atoms with van der Waals surface area (Å²) in [7, 11) is 0. The largest absolute Gasteiger partial charge is 0.349 e. The molecule has 1 N–H and O–H groups in total. The van der Waals surface area contributed by atoms with E-state index in [1.807, 2.05) is 45.0 Å². The Hall–Kier alpha value is -2.63. The molecule has 142 valence electrons. The molecule has 27 heavy (non-hydrogen) atoms. The third-order valence-electron chi connectivity index (χ3n) is 5.58. The van der Waals surface area contributed by atoms with E-state index in [0.717, 1.165) is 23.7 Å². The van der Waals surface area contributed by atoms with Crippen molar-refractivity contribution in [3.63, 3.8) is 0 Å². The quantitative estimate of drug-likeness (QED) is 0.887. The number of aromatic nitrogens is 1. The highest BCUT2D eigenvalue weighted by atomic mass is 16.2. The maximum absolute atomic E-state index is 13.4. The molecule has 0 bridgehead atoms. The molecule has 1 fully saturated rings. The van der Waals surface area contributed by atoms with Crippen molar-refractivity contribution in [2.45, 2.75) is 57.5 Å². The molecule has 6 heteroatoms. The monoisotopic (exact) mass is 367 g/mol. The molecule has 2 heterocycles. The van der Waals surface area contributed by atoms with E-state index in [0.29, 0.717) is 18.5 Å². The maximum Gasteiger partial charge on any atom is 0.272 e. The van der Waals surface area contributed by atoms with Gasteiger partial charge in [0.1, 0.15) is 17.8 Å². The normalized spacial score (nSPS) is 19.4. The van der Waals surface area contributed by atoms with Gasteiger partial charge >= 0.3 is 0 Å². The Morgan fingerprint density at radius 3 is 2.44 bits per heavy atom. The van der Waals surface area contributed by atoms with Gasteiger partial charge in [0.15, 0.2) is 0 Å². The van der Waals surface area contributed by atoms with E-state index < -0.39 is 11.1 Å². The first kappa shape index (κ1) is 17.8. The Labute approximate surface area is 158 Å². The van der Waals surface area contributed by atoms with Crippen molar-refractivity contribution in [2.24, 2.45) is 0 Å². The lowest BCUT2D eigenvalue weighted by Crippen LogP contribution is -2.64. The summed E-state index contributed by atoms with van der Waals surface area (Å²) in [4.78, 5) is 41.0. The van der Waals surface area contributed by atoms with E-state index in [4.69, 9.17) is 0 Å². The van der Waals surface area contributed by atoms with E-state index in [-0.39, 0.29) is 24.3 Å². The van der Waals surface area contributed by atoms with Crippen LogP contribution in [-0.4, -0.2) is 44.8 Å². The molecule has 2 aliphatic rings. The molecule has 1 aromatic heterocycles. The van der Waals surface area contributed by atoms with Crippen LogP contribution < -0.4 is 5.32 Å². The summed E-state index contributed by atoms with van der Waals surface area (Å²) >= 11 is 0. The zero-order valence-corrected chi connectivity index (χ0v) is 16.0. The standard InChI is InChI=1S/C21H25N3O3/c1-20(2,3)22-19(27)21(10-6-7-11-21)23-13-17(25)24-15-9-5-4-8-14(15)12-16(24)18(23)26/h4-5,8-9,12H,6-7,10-11,13H2,1-3H3,(H,22,27). The van der Waals surface area contributed by atoms with Gasteiger partial charge in [0, 0.05) is 10.9 Å². The number of hydrogen-bond donors (Lipinski definition) is 1. The maximum atomic E-state index is 13.4. The number of hydrogen-bond acceptors (Lipinski definition) is 3. The van der Waals surface area contributed by atoms with Crippen molar-refractivity contribution in [2.75, 3.05) is 6.54 Å². The molecule has 1 aliphatic carbocycles. The molecule has 2 amide bonds. The molecule has 0 unspecified atom stereocenters. The fourth-order valence-corrected chi connectivity index (χ4v) is 4.38. The van der Waals surface area contributed by atoms with Gasteiger partial charge in [-0.05, 0) is 45.7 Å². The summed E-state index contributed by atoms with van der Waals surface area (Å²) in [6.45, 7) is 5.71. The minimum absolute atomic E-state index is 0.0674. The van der Waals surface area contributed by atoms with E-state index >= 15 is 0 Å². The highest BCUT2D eigenvalue weighted by Gasteiger charge is 2.51. The summed E-state index contributed by atoms with van der Waals surface area (Å²) in [5.74, 6) is -0.560. The van der Waals surface area contributed by atoms with Gasteiger partial charge in [0.2, 0.25) is 5.91 Å². The van der Waals surface area contributed by atoms with Gasteiger partial charge in [0.05, 0.1) is 5.52 Å². The molecular weight excluding hydrogens is 342 g/mol. The molecule has 4 rings (SSSR count). The van der Waals surface area contributed by atoms with Gasteiger partial charge in [-0.2, -0.15) is 0 Å². The Kier molecular flexibility index (Phi) is 3.91. The third kappa shape index (κ3) is 2.74. The SMILES string of the molecule is CC(C)(C)NC(=O)C1(N2CC(=O)n3c(cc4ccccc43)C2=O)CCCC1. The smallest absolute Gasteiger partial charge is 0.272 e. The summed E-state index contributed by atoms with van der Waals surface area (Å²) in [6.07, 6.45) is 2.93. The van der Waals surface area contributed by atoms with Gasteiger partial charge in [-0.3, -0.25) is 19.0 Å². The number of carbonyl (C=O) groups is 3. The first-order chi connectivity index (χ1) is 12.7. The van der Waals surface area contributed by atoms with Gasteiger partial charge in [-0.25, -0.2) is 0 Å². The first-order valence-electron chi connectivity index (χ1n) is 9.51. The second-order valence-corrected chi connectivity index (χ2v) is 8.65. The molecule has 2 aromatic rings. The van der Waals surface area contributed by atoms with Crippen molar-refractivity contribution >= 4 is 28.6 Å². The summed E-state index contributed by atoms with van der Waals surface area (Å²) < 4.78 is 1.50. The molecule has 0 saturated heterocycles. The van der Waals surface area contributed by atoms with Gasteiger partial charge < -0.3 is 10.2 Å². The van der Waals surface area contributed by atoms with Crippen LogP contribution in [0.4, 0.5) is 0 Å². The second-order valence-electron chi connectivity index (χ2n) is 8.65. The number of fused-ring (bicyclic) bond motifs is 3. The molecule has 1 aromatic carbocycles. The van der Waals surface area contributed by atoms with Crippen LogP contribution in [-0.2, 0) is 4.79 Å². The Bertz CT molecular complexity index is 945. The Balaban J connectivity index is 1.78. The fraction of sp³-hybridized carbons (Fsp3) is 0.476. The minimum atomic E-state index is -0.943. The lowest BCUT2D eigenvalue weighted by molar-refractivity contribution is -0.133. The number of benzene rings is 1. The van der Waals surface area contributed by atoms with Crippen molar-refractivity contribution in [3.8, 4) is 0 Å². The van der Waals surface area contributed by atoms with Crippen molar-refractivity contribution < 1.29 is 14.4 Å². The molecule has 0 spiro atoms. The fourth-order valence-electron chi connectivity index (χ4n) is 4.38. The topological polar surface area (TPSA) is 71.4 Å². The van der Waals surface area contributed by atoms with E-state index in [1.54, 1.807) is 6.07 Å². The molecular formula is C21H25N3O3. The van der Waals surface area contributed by atoms with Crippen LogP contribution in [0.5, 0.6) is 0 Å². The Morgan fingerprint density at radius 1 is 1.11 bits per heavy atom. The van der Waals surface area contributed by atoms with Crippen LogP contribution in [0.2, 0.25) is 0 Å². The third-order valence-corrected chi connectivity index (χ3v) is 5.58. The number of nitrogens with one attached hydrogen (secondary N) is 1. The lowest BCUT2D eigenvalue weighted by atomic mass is 9.91. The number of amides is 2. The van der Waals surface area contributed by atoms with Crippen LogP contribution in [0.3, 0.4) is 0 Å². The average Bonchev–Trinajstić information content (AvgIpc) is 3.22. The molecule has 1 aliphatic heterocycles. The predicted octanol–water partition coefficient (Wildman–Crippen LogP) is 2.96. The first-order valence-corrected chi connectivity index (χ1v) is 9.51. The van der Waals surface area contributed by atoms with E-state index in [9.17, 15) is 14.4 Å². The molecule has 1 saturated carbocycles. The number of rotatable bonds is 2. The Morgan fingerprint density at radius 2 is 1.78 bits per heavy atom. The number of nitrogens with zero attached hydrogens (tertiary/aromatic N) is 2. The predicted molar refractivity (Wildman–Crippen MR) is 103 cm³/mol. The van der Waals surface area contributed by atoms with Crippen molar-refractivity contribution in [1.29, 1.82) is 0 Å². The van der Waals surface area contributed by atoms with Crippen LogP contribution in [0.1, 0.15) is 61.7 Å². The summed E-state index contributed by atoms with van der Waals surface area (Å²) in [5, 5.41) is 3.89. The van der Waals surface area contributed by atoms with Crippen LogP contribution in [0, 0.1) is 0 Å². The van der Waals surface area contributed by atoms with Crippen molar-refractivity contribution in [3.05, 3.63) is 36.0 Å². The van der Waals surface area contributed by atoms with Crippen LogP contribution in [0.15, 0.2) is 30.3 Å². The van der Waals surface area contributed by atoms with Crippen LogP contribution in [0.25, 0.3) is 10.9 Å². The number of para-hydroxylation sites is 1. The lowest BCUT2D eigenvalue weighted by Gasteiger charge is -2.43. The average molecular weight is 367 g/mol.